The second-order valence-corrected chi connectivity index (χ2v) is 33.0. The van der Waals surface area contributed by atoms with E-state index in [0.29, 0.717) is 0 Å². The molecule has 0 saturated heterocycles. The molecule has 0 aliphatic carbocycles. The van der Waals surface area contributed by atoms with Crippen LogP contribution in [0.1, 0.15) is 95.9 Å². The number of hydrogen-bond acceptors (Lipinski definition) is 12. The lowest BCUT2D eigenvalue weighted by Gasteiger charge is -2.25. The van der Waals surface area contributed by atoms with Crippen molar-refractivity contribution < 1.29 is 0 Å². The summed E-state index contributed by atoms with van der Waals surface area (Å²) in [6.07, 6.45) is 9.88. The molecule has 0 N–H and O–H groups in total. The first-order valence-electron chi connectivity index (χ1n) is 30.0. The zero-order chi connectivity index (χ0) is 61.3. The molecule has 0 radical (unpaired) electrons. The van der Waals surface area contributed by atoms with E-state index >= 15 is 0 Å². The minimum Gasteiger partial charge on any atom is -0.348 e. The van der Waals surface area contributed by atoms with Crippen LogP contribution in [-0.4, -0.2) is 59.9 Å². The highest BCUT2D eigenvalue weighted by molar-refractivity contribution is 8.84. The molecule has 4 nitrogen and oxygen atoms in total. The first-order chi connectivity index (χ1) is 43.3. The predicted molar refractivity (Wildman–Crippen MR) is 416 cm³/mol. The molecule has 0 unspecified atom stereocenters. The molecule has 0 amide bonds. The minimum absolute atomic E-state index is 0.831. The Bertz CT molecular complexity index is 2550. The summed E-state index contributed by atoms with van der Waals surface area (Å²) in [7, 11) is 14.6. The number of rotatable bonds is 34. The Labute approximate surface area is 580 Å². The summed E-state index contributed by atoms with van der Waals surface area (Å²) in [4.78, 5) is 9.27. The standard InChI is InChI=1S/2C36H40N2S6/c2*39-35(37(27-31-17-7-3-8-18-31)28-32-19-9-4-10-20-32)43-41-25-15-1-2-16-26-42-44-36(40)38(29-33-21-11-5-12-22-33)30-34-23-13-6-14-24-34/h2*3-14,17-24H,1-2,15-16,25-30H2. The molecule has 0 aromatic heterocycles. The van der Waals surface area contributed by atoms with Crippen molar-refractivity contribution in [2.75, 3.05) is 23.0 Å². The third kappa shape index (κ3) is 30.0. The Hall–Kier alpha value is -3.88. The average Bonchev–Trinajstić information content (AvgIpc) is 3.69. The van der Waals surface area contributed by atoms with Gasteiger partial charge in [0.2, 0.25) is 0 Å². The fraction of sp³-hybridized carbons (Fsp3) is 0.278. The fourth-order valence-electron chi connectivity index (χ4n) is 9.10. The molecule has 0 bridgehead atoms. The largest absolute Gasteiger partial charge is 0.348 e. The quantitative estimate of drug-likeness (QED) is 0.0216. The SMILES string of the molecule is S=C(SSCCCCCCSSC(=S)N(Cc1ccccc1)Cc1ccccc1)N(Cc1ccccc1)Cc1ccccc1.S=C(SSCCCCCCSSC(=S)N(Cc1ccccc1)Cc1ccccc1)N(Cc1ccccc1)Cc1ccccc1. The maximum Gasteiger partial charge on any atom is 0.147 e. The lowest BCUT2D eigenvalue weighted by molar-refractivity contribution is 0.421. The molecular weight excluding hydrogens is 1310 g/mol. The Morgan fingerprint density at radius 1 is 0.205 bits per heavy atom. The Morgan fingerprint density at radius 2 is 0.341 bits per heavy atom. The summed E-state index contributed by atoms with van der Waals surface area (Å²) in [5.74, 6) is 4.48. The zero-order valence-corrected chi connectivity index (χ0v) is 59.7. The van der Waals surface area contributed by atoms with E-state index in [1.807, 2.05) is 43.2 Å². The van der Waals surface area contributed by atoms with Gasteiger partial charge in [-0.05, 0) is 113 Å². The Kier molecular flexibility index (Phi) is 36.3. The van der Waals surface area contributed by atoms with Gasteiger partial charge in [0.25, 0.3) is 0 Å². The fourth-order valence-corrected chi connectivity index (χ4v) is 19.2. The van der Waals surface area contributed by atoms with Gasteiger partial charge in [-0.25, -0.2) is 0 Å². The van der Waals surface area contributed by atoms with E-state index in [1.54, 1.807) is 43.2 Å². The van der Waals surface area contributed by atoms with E-state index in [4.69, 9.17) is 48.9 Å². The van der Waals surface area contributed by atoms with Gasteiger partial charge in [-0.2, -0.15) is 0 Å². The van der Waals surface area contributed by atoms with Crippen LogP contribution in [0.4, 0.5) is 0 Å². The lowest BCUT2D eigenvalue weighted by Crippen LogP contribution is -2.26. The Balaban J connectivity index is 0.000000251. The maximum absolute atomic E-state index is 5.88. The monoisotopic (exact) mass is 1380 g/mol. The number of hydrogen-bond donors (Lipinski definition) is 0. The van der Waals surface area contributed by atoms with Gasteiger partial charge in [0.05, 0.1) is 0 Å². The van der Waals surface area contributed by atoms with Gasteiger partial charge in [0.15, 0.2) is 0 Å². The Morgan fingerprint density at radius 3 is 0.477 bits per heavy atom. The molecule has 8 rings (SSSR count). The van der Waals surface area contributed by atoms with Gasteiger partial charge < -0.3 is 19.6 Å². The van der Waals surface area contributed by atoms with Crippen LogP contribution < -0.4 is 0 Å². The first-order valence-corrected chi connectivity index (χ1v) is 40.9. The van der Waals surface area contributed by atoms with Gasteiger partial charge in [0, 0.05) is 75.4 Å². The number of unbranched alkanes of at least 4 members (excludes halogenated alkanes) is 6. The van der Waals surface area contributed by atoms with Crippen LogP contribution >= 0.6 is 135 Å². The number of benzene rings is 8. The smallest absolute Gasteiger partial charge is 0.147 e. The molecule has 0 fully saturated rings. The molecule has 0 atom stereocenters. The van der Waals surface area contributed by atoms with Gasteiger partial charge in [-0.3, -0.25) is 0 Å². The molecule has 0 heterocycles. The van der Waals surface area contributed by atoms with Crippen molar-refractivity contribution in [2.45, 2.75) is 104 Å². The summed E-state index contributed by atoms with van der Waals surface area (Å²) >= 11 is 23.5. The van der Waals surface area contributed by atoms with Crippen molar-refractivity contribution in [1.82, 2.24) is 19.6 Å². The summed E-state index contributed by atoms with van der Waals surface area (Å²) in [5, 5.41) is 0. The molecular formula is C72H80N4S12. The van der Waals surface area contributed by atoms with E-state index in [0.717, 1.165) is 92.7 Å². The van der Waals surface area contributed by atoms with Crippen molar-refractivity contribution in [3.8, 4) is 0 Å². The summed E-state index contributed by atoms with van der Waals surface area (Å²) in [6, 6.07) is 84.8. The predicted octanol–water partition coefficient (Wildman–Crippen LogP) is 22.6. The van der Waals surface area contributed by atoms with E-state index in [9.17, 15) is 0 Å². The lowest BCUT2D eigenvalue weighted by atomic mass is 10.2. The highest BCUT2D eigenvalue weighted by Gasteiger charge is 2.17. The van der Waals surface area contributed by atoms with Crippen molar-refractivity contribution in [1.29, 1.82) is 0 Å². The van der Waals surface area contributed by atoms with E-state index in [2.05, 4.69) is 262 Å². The van der Waals surface area contributed by atoms with Crippen molar-refractivity contribution in [3.05, 3.63) is 287 Å². The highest BCUT2D eigenvalue weighted by Crippen LogP contribution is 2.33. The topological polar surface area (TPSA) is 13.0 Å². The third-order valence-corrected chi connectivity index (χ3v) is 26.2. The molecule has 0 spiro atoms. The van der Waals surface area contributed by atoms with Gasteiger partial charge >= 0.3 is 0 Å². The first kappa shape index (κ1) is 71.6. The summed E-state index contributed by atoms with van der Waals surface area (Å²) < 4.78 is 3.84. The van der Waals surface area contributed by atoms with Crippen LogP contribution in [0.2, 0.25) is 0 Å². The second-order valence-electron chi connectivity index (χ2n) is 20.8. The van der Waals surface area contributed by atoms with Crippen LogP contribution in [0.3, 0.4) is 0 Å². The summed E-state index contributed by atoms with van der Waals surface area (Å²) in [6.45, 7) is 6.65. The van der Waals surface area contributed by atoms with Crippen LogP contribution in [0.25, 0.3) is 0 Å². The normalized spacial score (nSPS) is 10.8. The number of thiocarbonyl (C=S) groups is 4. The van der Waals surface area contributed by atoms with Gasteiger partial charge in [-0.1, -0.05) is 360 Å². The molecule has 0 saturated carbocycles. The van der Waals surface area contributed by atoms with Gasteiger partial charge in [-0.15, -0.1) is 0 Å². The van der Waals surface area contributed by atoms with Crippen LogP contribution in [-0.2, 0) is 52.4 Å². The summed E-state index contributed by atoms with van der Waals surface area (Å²) in [5.41, 5.74) is 10.3. The van der Waals surface area contributed by atoms with Crippen LogP contribution in [0.15, 0.2) is 243 Å². The molecule has 460 valence electrons. The van der Waals surface area contributed by atoms with Crippen LogP contribution in [0.5, 0.6) is 0 Å². The second kappa shape index (κ2) is 44.6. The van der Waals surface area contributed by atoms with Crippen molar-refractivity contribution in [2.24, 2.45) is 0 Å². The molecule has 88 heavy (non-hydrogen) atoms. The van der Waals surface area contributed by atoms with Crippen molar-refractivity contribution >= 4 is 153 Å². The minimum atomic E-state index is 0.831. The molecule has 16 heteroatoms. The van der Waals surface area contributed by atoms with Crippen LogP contribution in [0, 0.1) is 0 Å². The molecule has 8 aromatic rings. The third-order valence-electron chi connectivity index (χ3n) is 13.7. The molecule has 0 aliphatic heterocycles. The maximum atomic E-state index is 5.88. The molecule has 8 aromatic carbocycles. The van der Waals surface area contributed by atoms with Gasteiger partial charge in [0.1, 0.15) is 17.3 Å². The molecule has 0 aliphatic rings. The zero-order valence-electron chi connectivity index (χ0n) is 49.9. The highest BCUT2D eigenvalue weighted by atomic mass is 33.1. The van der Waals surface area contributed by atoms with E-state index < -0.39 is 0 Å². The average molecular weight is 1390 g/mol. The van der Waals surface area contributed by atoms with E-state index in [1.165, 1.54) is 95.9 Å². The number of nitrogens with zero attached hydrogens (tertiary/aromatic N) is 4. The van der Waals surface area contributed by atoms with Crippen molar-refractivity contribution in [3.63, 3.8) is 0 Å². The van der Waals surface area contributed by atoms with E-state index in [-0.39, 0.29) is 0 Å².